The molecule has 2 aliphatic rings. The van der Waals surface area contributed by atoms with Crippen LogP contribution in [0.1, 0.15) is 30.4 Å². The van der Waals surface area contributed by atoms with Gasteiger partial charge in [-0.25, -0.2) is 0 Å². The summed E-state index contributed by atoms with van der Waals surface area (Å²) < 4.78 is 1.25. The summed E-state index contributed by atoms with van der Waals surface area (Å²) in [7, 11) is 0. The summed E-state index contributed by atoms with van der Waals surface area (Å²) in [5.74, 6) is 0. The fraction of sp³-hybridized carbons (Fsp3) is 0.600. The Hall–Kier alpha value is -0.540. The molecule has 1 saturated carbocycles. The van der Waals surface area contributed by atoms with Crippen LogP contribution in [0.5, 0.6) is 0 Å². The van der Waals surface area contributed by atoms with Crippen LogP contribution in [0.3, 0.4) is 0 Å². The summed E-state index contributed by atoms with van der Waals surface area (Å²) >= 11 is 3.64. The molecule has 1 N–H and O–H groups in total. The van der Waals surface area contributed by atoms with Gasteiger partial charge in [0.15, 0.2) is 0 Å². The van der Waals surface area contributed by atoms with E-state index in [0.29, 0.717) is 6.04 Å². The van der Waals surface area contributed by atoms with E-state index >= 15 is 0 Å². The van der Waals surface area contributed by atoms with Gasteiger partial charge in [-0.05, 0) is 56.4 Å². The third kappa shape index (κ3) is 2.57. The predicted molar refractivity (Wildman–Crippen MR) is 80.4 cm³/mol. The maximum atomic E-state index is 3.74. The van der Waals surface area contributed by atoms with Gasteiger partial charge in [-0.3, -0.25) is 0 Å². The Morgan fingerprint density at radius 3 is 2.39 bits per heavy atom. The molecular formula is C15H21BrN2. The fourth-order valence-corrected chi connectivity index (χ4v) is 3.05. The van der Waals surface area contributed by atoms with Crippen LogP contribution >= 0.6 is 15.9 Å². The molecule has 1 aromatic carbocycles. The van der Waals surface area contributed by atoms with Crippen LogP contribution in [0, 0.1) is 13.8 Å². The molecule has 1 saturated heterocycles. The number of benzene rings is 1. The third-order valence-electron chi connectivity index (χ3n) is 4.02. The first-order valence-corrected chi connectivity index (χ1v) is 7.70. The SMILES string of the molecule is Cc1cc(N2CCC(NC3CC3)C2)cc(C)c1Br. The van der Waals surface area contributed by atoms with E-state index in [1.807, 2.05) is 0 Å². The number of rotatable bonds is 3. The van der Waals surface area contributed by atoms with E-state index < -0.39 is 0 Å². The highest BCUT2D eigenvalue weighted by molar-refractivity contribution is 9.10. The normalized spacial score (nSPS) is 23.7. The summed E-state index contributed by atoms with van der Waals surface area (Å²) in [5, 5.41) is 3.74. The van der Waals surface area contributed by atoms with E-state index in [-0.39, 0.29) is 0 Å². The Bertz CT molecular complexity index is 431. The number of halogens is 1. The van der Waals surface area contributed by atoms with Gasteiger partial charge in [-0.2, -0.15) is 0 Å². The van der Waals surface area contributed by atoms with Gasteiger partial charge in [0.05, 0.1) is 0 Å². The Labute approximate surface area is 118 Å². The maximum absolute atomic E-state index is 3.74. The van der Waals surface area contributed by atoms with Crippen molar-refractivity contribution >= 4 is 21.6 Å². The quantitative estimate of drug-likeness (QED) is 0.920. The molecule has 0 aromatic heterocycles. The highest BCUT2D eigenvalue weighted by Gasteiger charge is 2.29. The zero-order chi connectivity index (χ0) is 12.7. The van der Waals surface area contributed by atoms with Crippen LogP contribution in [0.4, 0.5) is 5.69 Å². The van der Waals surface area contributed by atoms with Crippen molar-refractivity contribution < 1.29 is 0 Å². The van der Waals surface area contributed by atoms with E-state index in [0.717, 1.165) is 12.6 Å². The summed E-state index contributed by atoms with van der Waals surface area (Å²) in [5.41, 5.74) is 4.06. The van der Waals surface area contributed by atoms with E-state index in [1.54, 1.807) is 0 Å². The van der Waals surface area contributed by atoms with E-state index in [9.17, 15) is 0 Å². The van der Waals surface area contributed by atoms with Gasteiger partial charge in [0, 0.05) is 35.3 Å². The first-order chi connectivity index (χ1) is 8.63. The molecule has 1 aliphatic carbocycles. The number of nitrogens with one attached hydrogen (secondary N) is 1. The molecule has 0 spiro atoms. The van der Waals surface area contributed by atoms with Crippen molar-refractivity contribution in [1.29, 1.82) is 0 Å². The molecule has 0 bridgehead atoms. The summed E-state index contributed by atoms with van der Waals surface area (Å²) in [6.07, 6.45) is 4.05. The first kappa shape index (κ1) is 12.5. The minimum atomic E-state index is 0.696. The Morgan fingerprint density at radius 2 is 1.78 bits per heavy atom. The smallest absolute Gasteiger partial charge is 0.0372 e. The average Bonchev–Trinajstić information content (AvgIpc) is 3.01. The van der Waals surface area contributed by atoms with Crippen LogP contribution in [0.2, 0.25) is 0 Å². The van der Waals surface area contributed by atoms with E-state index in [1.165, 1.54) is 47.1 Å². The molecule has 2 nitrogen and oxygen atoms in total. The van der Waals surface area contributed by atoms with E-state index in [4.69, 9.17) is 0 Å². The van der Waals surface area contributed by atoms with Crippen molar-refractivity contribution in [3.8, 4) is 0 Å². The number of nitrogens with zero attached hydrogens (tertiary/aromatic N) is 1. The lowest BCUT2D eigenvalue weighted by molar-refractivity contribution is 0.548. The molecule has 1 atom stereocenters. The molecule has 18 heavy (non-hydrogen) atoms. The van der Waals surface area contributed by atoms with Gasteiger partial charge in [0.1, 0.15) is 0 Å². The zero-order valence-corrected chi connectivity index (χ0v) is 12.8. The second-order valence-electron chi connectivity index (χ2n) is 5.77. The summed E-state index contributed by atoms with van der Waals surface area (Å²) in [6.45, 7) is 6.70. The fourth-order valence-electron chi connectivity index (χ4n) is 2.82. The van der Waals surface area contributed by atoms with Crippen LogP contribution in [-0.4, -0.2) is 25.2 Å². The average molecular weight is 309 g/mol. The van der Waals surface area contributed by atoms with Crippen molar-refractivity contribution in [2.24, 2.45) is 0 Å². The molecule has 0 amide bonds. The molecule has 98 valence electrons. The minimum absolute atomic E-state index is 0.696. The summed E-state index contributed by atoms with van der Waals surface area (Å²) in [4.78, 5) is 2.52. The van der Waals surface area contributed by atoms with Crippen LogP contribution < -0.4 is 10.2 Å². The molecule has 2 fully saturated rings. The topological polar surface area (TPSA) is 15.3 Å². The van der Waals surface area contributed by atoms with Crippen molar-refractivity contribution in [3.63, 3.8) is 0 Å². The minimum Gasteiger partial charge on any atom is -0.370 e. The van der Waals surface area contributed by atoms with Gasteiger partial charge >= 0.3 is 0 Å². The third-order valence-corrected chi connectivity index (χ3v) is 5.27. The van der Waals surface area contributed by atoms with Crippen molar-refractivity contribution in [1.82, 2.24) is 5.32 Å². The first-order valence-electron chi connectivity index (χ1n) is 6.91. The molecule has 1 aromatic rings. The summed E-state index contributed by atoms with van der Waals surface area (Å²) in [6, 6.07) is 6.12. The molecule has 3 heteroatoms. The zero-order valence-electron chi connectivity index (χ0n) is 11.2. The molecule has 1 aliphatic heterocycles. The number of hydrogen-bond acceptors (Lipinski definition) is 2. The molecule has 3 rings (SSSR count). The lowest BCUT2D eigenvalue weighted by atomic mass is 10.1. The van der Waals surface area contributed by atoms with Crippen LogP contribution in [-0.2, 0) is 0 Å². The Kier molecular flexibility index (Phi) is 3.37. The Morgan fingerprint density at radius 1 is 1.11 bits per heavy atom. The monoisotopic (exact) mass is 308 g/mol. The second-order valence-corrected chi connectivity index (χ2v) is 6.56. The lowest BCUT2D eigenvalue weighted by Crippen LogP contribution is -2.33. The van der Waals surface area contributed by atoms with Crippen molar-refractivity contribution in [3.05, 3.63) is 27.7 Å². The second kappa shape index (κ2) is 4.86. The lowest BCUT2D eigenvalue weighted by Gasteiger charge is -2.21. The highest BCUT2D eigenvalue weighted by Crippen LogP contribution is 2.30. The molecule has 1 unspecified atom stereocenters. The maximum Gasteiger partial charge on any atom is 0.0372 e. The van der Waals surface area contributed by atoms with Crippen molar-refractivity contribution in [2.75, 3.05) is 18.0 Å². The van der Waals surface area contributed by atoms with Gasteiger partial charge in [-0.15, -0.1) is 0 Å². The van der Waals surface area contributed by atoms with Crippen molar-refractivity contribution in [2.45, 2.75) is 45.2 Å². The van der Waals surface area contributed by atoms with E-state index in [2.05, 4.69) is 52.1 Å². The number of hydrogen-bond donors (Lipinski definition) is 1. The number of anilines is 1. The van der Waals surface area contributed by atoms with Crippen LogP contribution in [0.15, 0.2) is 16.6 Å². The van der Waals surface area contributed by atoms with Gasteiger partial charge < -0.3 is 10.2 Å². The van der Waals surface area contributed by atoms with Gasteiger partial charge in [-0.1, -0.05) is 15.9 Å². The molecule has 1 heterocycles. The molecule has 0 radical (unpaired) electrons. The largest absolute Gasteiger partial charge is 0.370 e. The number of aryl methyl sites for hydroxylation is 2. The Balaban J connectivity index is 1.71. The molecular weight excluding hydrogens is 288 g/mol. The standard InChI is InChI=1S/C15H21BrN2/c1-10-7-14(8-11(2)15(10)16)18-6-5-13(9-18)17-12-3-4-12/h7-8,12-13,17H,3-6,9H2,1-2H3. The highest BCUT2D eigenvalue weighted by atomic mass is 79.9. The van der Waals surface area contributed by atoms with Gasteiger partial charge in [0.2, 0.25) is 0 Å². The predicted octanol–water partition coefficient (Wildman–Crippen LogP) is 3.40. The van der Waals surface area contributed by atoms with Gasteiger partial charge in [0.25, 0.3) is 0 Å². The van der Waals surface area contributed by atoms with Crippen LogP contribution in [0.25, 0.3) is 0 Å².